The number of ether oxygens (including phenoxy) is 1. The first kappa shape index (κ1) is 12.9. The van der Waals surface area contributed by atoms with Gasteiger partial charge in [0.2, 0.25) is 0 Å². The van der Waals surface area contributed by atoms with E-state index in [1.54, 1.807) is 37.4 Å². The molecule has 0 aliphatic rings. The largest absolute Gasteiger partial charge is 0.497 e. The second-order valence-electron chi connectivity index (χ2n) is 4.03. The molecule has 0 fully saturated rings. The van der Waals surface area contributed by atoms with Crippen molar-refractivity contribution in [2.24, 2.45) is 0 Å². The molecule has 0 saturated heterocycles. The Kier molecular flexibility index (Phi) is 3.67. The maximum atomic E-state index is 12.9. The Morgan fingerprint density at radius 2 is 1.84 bits per heavy atom. The monoisotopic (exact) mass is 256 g/mol. The molecule has 0 aliphatic heterocycles. The lowest BCUT2D eigenvalue weighted by Gasteiger charge is -2.21. The summed E-state index contributed by atoms with van der Waals surface area (Å²) in [6.45, 7) is 0. The van der Waals surface area contributed by atoms with Gasteiger partial charge in [-0.2, -0.15) is 5.26 Å². The lowest BCUT2D eigenvalue weighted by molar-refractivity contribution is 0.415. The predicted octanol–water partition coefficient (Wildman–Crippen LogP) is 3.47. The molecule has 2 aromatic rings. The third-order valence-corrected chi connectivity index (χ3v) is 2.90. The fourth-order valence-electron chi connectivity index (χ4n) is 1.81. The molecule has 0 aromatic heterocycles. The zero-order chi connectivity index (χ0) is 13.8. The smallest absolute Gasteiger partial charge is 0.123 e. The van der Waals surface area contributed by atoms with E-state index in [1.807, 2.05) is 11.9 Å². The number of methoxy groups -OCH3 is 1. The van der Waals surface area contributed by atoms with Gasteiger partial charge in [0.25, 0.3) is 0 Å². The minimum absolute atomic E-state index is 0.289. The molecular weight excluding hydrogens is 243 g/mol. The number of benzene rings is 2. The molecule has 0 bridgehead atoms. The molecule has 3 nitrogen and oxygen atoms in total. The molecule has 0 heterocycles. The molecule has 2 aromatic carbocycles. The van der Waals surface area contributed by atoms with Crippen LogP contribution in [0.25, 0.3) is 0 Å². The Balaban J connectivity index is 2.45. The van der Waals surface area contributed by atoms with Crippen LogP contribution in [0.1, 0.15) is 5.56 Å². The highest BCUT2D eigenvalue weighted by molar-refractivity contribution is 5.70. The highest BCUT2D eigenvalue weighted by Gasteiger charge is 2.10. The van der Waals surface area contributed by atoms with Crippen molar-refractivity contribution in [1.29, 1.82) is 5.26 Å². The van der Waals surface area contributed by atoms with Crippen LogP contribution >= 0.6 is 0 Å². The van der Waals surface area contributed by atoms with Crippen molar-refractivity contribution in [2.75, 3.05) is 19.1 Å². The lowest BCUT2D eigenvalue weighted by atomic mass is 10.1. The number of nitrogens with zero attached hydrogens (tertiary/aromatic N) is 2. The van der Waals surface area contributed by atoms with Gasteiger partial charge in [-0.25, -0.2) is 4.39 Å². The minimum atomic E-state index is -0.289. The summed E-state index contributed by atoms with van der Waals surface area (Å²) in [6, 6.07) is 13.5. The van der Waals surface area contributed by atoms with E-state index in [1.165, 1.54) is 12.1 Å². The van der Waals surface area contributed by atoms with E-state index in [0.29, 0.717) is 17.0 Å². The van der Waals surface area contributed by atoms with Gasteiger partial charge in [0.15, 0.2) is 0 Å². The summed E-state index contributed by atoms with van der Waals surface area (Å²) in [5.41, 5.74) is 2.05. The van der Waals surface area contributed by atoms with E-state index in [2.05, 4.69) is 6.07 Å². The fourth-order valence-corrected chi connectivity index (χ4v) is 1.81. The molecule has 19 heavy (non-hydrogen) atoms. The van der Waals surface area contributed by atoms with Crippen molar-refractivity contribution in [3.63, 3.8) is 0 Å². The van der Waals surface area contributed by atoms with Gasteiger partial charge < -0.3 is 9.64 Å². The molecule has 0 atom stereocenters. The van der Waals surface area contributed by atoms with Gasteiger partial charge in [0, 0.05) is 18.8 Å². The number of hydrogen-bond donors (Lipinski definition) is 0. The Bertz CT molecular complexity index is 617. The second kappa shape index (κ2) is 5.40. The van der Waals surface area contributed by atoms with Crippen LogP contribution in [0.2, 0.25) is 0 Å². The Hall–Kier alpha value is -2.54. The van der Waals surface area contributed by atoms with Gasteiger partial charge >= 0.3 is 0 Å². The van der Waals surface area contributed by atoms with Crippen LogP contribution in [0.15, 0.2) is 42.5 Å². The highest BCUT2D eigenvalue weighted by Crippen LogP contribution is 2.30. The van der Waals surface area contributed by atoms with Crippen molar-refractivity contribution < 1.29 is 9.13 Å². The summed E-state index contributed by atoms with van der Waals surface area (Å²) >= 11 is 0. The molecular formula is C15H13FN2O. The zero-order valence-corrected chi connectivity index (χ0v) is 10.7. The predicted molar refractivity (Wildman–Crippen MR) is 72.2 cm³/mol. The fraction of sp³-hybridized carbons (Fsp3) is 0.133. The summed E-state index contributed by atoms with van der Waals surface area (Å²) in [5, 5.41) is 9.14. The zero-order valence-electron chi connectivity index (χ0n) is 10.7. The molecule has 0 aliphatic carbocycles. The topological polar surface area (TPSA) is 36.3 Å². The van der Waals surface area contributed by atoms with Crippen LogP contribution in [0.4, 0.5) is 15.8 Å². The molecule has 0 N–H and O–H groups in total. The first-order valence-electron chi connectivity index (χ1n) is 5.73. The molecule has 0 spiro atoms. The maximum Gasteiger partial charge on any atom is 0.123 e. The van der Waals surface area contributed by atoms with E-state index >= 15 is 0 Å². The summed E-state index contributed by atoms with van der Waals surface area (Å²) < 4.78 is 18.1. The van der Waals surface area contributed by atoms with Gasteiger partial charge in [-0.05, 0) is 36.4 Å². The number of nitriles is 1. The van der Waals surface area contributed by atoms with Crippen molar-refractivity contribution >= 4 is 11.4 Å². The standard InChI is InChI=1S/C15H13FN2O/c1-18(13-6-4-12(16)5-7-13)15-9-14(19-2)8-3-11(15)10-17/h3-9H,1-2H3. The van der Waals surface area contributed by atoms with Crippen LogP contribution in [-0.4, -0.2) is 14.2 Å². The lowest BCUT2D eigenvalue weighted by Crippen LogP contribution is -2.11. The maximum absolute atomic E-state index is 12.9. The molecule has 0 unspecified atom stereocenters. The first-order valence-corrected chi connectivity index (χ1v) is 5.73. The number of hydrogen-bond acceptors (Lipinski definition) is 3. The molecule has 0 saturated carbocycles. The van der Waals surface area contributed by atoms with Crippen LogP contribution in [0.3, 0.4) is 0 Å². The number of anilines is 2. The van der Waals surface area contributed by atoms with E-state index in [-0.39, 0.29) is 5.82 Å². The van der Waals surface area contributed by atoms with Crippen LogP contribution in [0, 0.1) is 17.1 Å². The third kappa shape index (κ3) is 2.66. The van der Waals surface area contributed by atoms with Gasteiger partial charge in [-0.15, -0.1) is 0 Å². The number of rotatable bonds is 3. The molecule has 2 rings (SSSR count). The quantitative estimate of drug-likeness (QED) is 0.843. The number of halogens is 1. The third-order valence-electron chi connectivity index (χ3n) is 2.90. The average Bonchev–Trinajstić information content (AvgIpc) is 2.46. The first-order chi connectivity index (χ1) is 9.15. The van der Waals surface area contributed by atoms with Crippen LogP contribution < -0.4 is 9.64 Å². The molecule has 0 amide bonds. The summed E-state index contributed by atoms with van der Waals surface area (Å²) in [6.07, 6.45) is 0. The van der Waals surface area contributed by atoms with Crippen molar-refractivity contribution in [1.82, 2.24) is 0 Å². The summed E-state index contributed by atoms with van der Waals surface area (Å²) in [5.74, 6) is 0.381. The van der Waals surface area contributed by atoms with Crippen molar-refractivity contribution in [2.45, 2.75) is 0 Å². The normalized spacial score (nSPS) is 9.79. The summed E-state index contributed by atoms with van der Waals surface area (Å²) in [4.78, 5) is 1.82. The second-order valence-corrected chi connectivity index (χ2v) is 4.03. The van der Waals surface area contributed by atoms with Crippen molar-refractivity contribution in [3.8, 4) is 11.8 Å². The molecule has 96 valence electrons. The Labute approximate surface area is 111 Å². The van der Waals surface area contributed by atoms with E-state index in [9.17, 15) is 4.39 Å². The SMILES string of the molecule is COc1ccc(C#N)c(N(C)c2ccc(F)cc2)c1. The van der Waals surface area contributed by atoms with E-state index in [0.717, 1.165) is 5.69 Å². The van der Waals surface area contributed by atoms with Crippen molar-refractivity contribution in [3.05, 3.63) is 53.8 Å². The van der Waals surface area contributed by atoms with E-state index in [4.69, 9.17) is 10.00 Å². The average molecular weight is 256 g/mol. The van der Waals surface area contributed by atoms with Crippen LogP contribution in [-0.2, 0) is 0 Å². The van der Waals surface area contributed by atoms with Gasteiger partial charge in [0.05, 0.1) is 18.4 Å². The van der Waals surface area contributed by atoms with Gasteiger partial charge in [-0.1, -0.05) is 0 Å². The molecule has 4 heteroatoms. The Morgan fingerprint density at radius 3 is 2.42 bits per heavy atom. The summed E-state index contributed by atoms with van der Waals surface area (Å²) in [7, 11) is 3.39. The highest BCUT2D eigenvalue weighted by atomic mass is 19.1. The van der Waals surface area contributed by atoms with Gasteiger partial charge in [0.1, 0.15) is 17.6 Å². The van der Waals surface area contributed by atoms with Crippen LogP contribution in [0.5, 0.6) is 5.75 Å². The van der Waals surface area contributed by atoms with E-state index < -0.39 is 0 Å². The Morgan fingerprint density at radius 1 is 1.16 bits per heavy atom. The molecule has 0 radical (unpaired) electrons. The van der Waals surface area contributed by atoms with Gasteiger partial charge in [-0.3, -0.25) is 0 Å². The minimum Gasteiger partial charge on any atom is -0.497 e.